The Morgan fingerprint density at radius 1 is 1.06 bits per heavy atom. The standard InChI is InChI=1S/C26H24FN5O3/c1-16-13-19(27)7-8-22(16)30-24-20(14-28-23-21(26(34)35)15-29-32(23)24)25(33)31-11-9-18(10-12-31)17-5-3-2-4-6-17/h2-8,13-15,18,30H,9-12H2,1H3,(H,34,35). The average Bonchev–Trinajstić information content (AvgIpc) is 3.31. The zero-order valence-corrected chi connectivity index (χ0v) is 19.1. The Bertz CT molecular complexity index is 1410. The molecule has 0 aliphatic carbocycles. The lowest BCUT2D eigenvalue weighted by Crippen LogP contribution is -2.38. The molecule has 0 spiro atoms. The number of fused-ring (bicyclic) bond motifs is 1. The highest BCUT2D eigenvalue weighted by Crippen LogP contribution is 2.31. The minimum atomic E-state index is -1.17. The van der Waals surface area contributed by atoms with Crippen molar-refractivity contribution in [3.8, 4) is 0 Å². The Hall–Kier alpha value is -4.27. The van der Waals surface area contributed by atoms with E-state index in [0.717, 1.165) is 12.8 Å². The molecule has 2 aromatic carbocycles. The van der Waals surface area contributed by atoms with Crippen molar-refractivity contribution in [2.45, 2.75) is 25.7 Å². The zero-order chi connectivity index (χ0) is 24.5. The van der Waals surface area contributed by atoms with Crippen LogP contribution in [-0.4, -0.2) is 49.6 Å². The Kier molecular flexibility index (Phi) is 5.90. The average molecular weight is 474 g/mol. The van der Waals surface area contributed by atoms with E-state index < -0.39 is 5.97 Å². The van der Waals surface area contributed by atoms with Gasteiger partial charge in [0.15, 0.2) is 5.65 Å². The molecule has 3 heterocycles. The van der Waals surface area contributed by atoms with E-state index in [1.807, 2.05) is 18.2 Å². The highest BCUT2D eigenvalue weighted by molar-refractivity contribution is 6.01. The van der Waals surface area contributed by atoms with Crippen molar-refractivity contribution in [1.82, 2.24) is 19.5 Å². The quantitative estimate of drug-likeness (QED) is 0.438. The lowest BCUT2D eigenvalue weighted by Gasteiger charge is -2.32. The third-order valence-electron chi connectivity index (χ3n) is 6.48. The van der Waals surface area contributed by atoms with Crippen LogP contribution in [0.4, 0.5) is 15.9 Å². The van der Waals surface area contributed by atoms with E-state index in [1.165, 1.54) is 34.6 Å². The number of benzene rings is 2. The number of carbonyl (C=O) groups excluding carboxylic acids is 1. The number of carboxylic acid groups (broad SMARTS) is 1. The van der Waals surface area contributed by atoms with Crippen LogP contribution in [0.3, 0.4) is 0 Å². The molecule has 0 radical (unpaired) electrons. The van der Waals surface area contributed by atoms with Gasteiger partial charge in [0.25, 0.3) is 5.91 Å². The first-order valence-electron chi connectivity index (χ1n) is 11.4. The second-order valence-electron chi connectivity index (χ2n) is 8.68. The molecule has 0 atom stereocenters. The Labute approximate surface area is 201 Å². The number of nitrogens with zero attached hydrogens (tertiary/aromatic N) is 4. The molecule has 1 aliphatic heterocycles. The molecule has 2 N–H and O–H groups in total. The van der Waals surface area contributed by atoms with Crippen LogP contribution in [0.25, 0.3) is 5.65 Å². The van der Waals surface area contributed by atoms with Gasteiger partial charge < -0.3 is 15.3 Å². The molecule has 5 rings (SSSR count). The summed E-state index contributed by atoms with van der Waals surface area (Å²) in [5.74, 6) is -1.09. The number of rotatable bonds is 5. The van der Waals surface area contributed by atoms with E-state index in [9.17, 15) is 19.1 Å². The zero-order valence-electron chi connectivity index (χ0n) is 19.1. The number of hydrogen-bond donors (Lipinski definition) is 2. The van der Waals surface area contributed by atoms with E-state index in [4.69, 9.17) is 0 Å². The third kappa shape index (κ3) is 4.32. The van der Waals surface area contributed by atoms with Gasteiger partial charge in [0.1, 0.15) is 22.8 Å². The summed E-state index contributed by atoms with van der Waals surface area (Å²) in [6.07, 6.45) is 4.27. The molecule has 35 heavy (non-hydrogen) atoms. The van der Waals surface area contributed by atoms with Crippen molar-refractivity contribution < 1.29 is 19.1 Å². The summed E-state index contributed by atoms with van der Waals surface area (Å²) in [7, 11) is 0. The number of aromatic nitrogens is 3. The first kappa shape index (κ1) is 22.5. The summed E-state index contributed by atoms with van der Waals surface area (Å²) in [4.78, 5) is 31.3. The molecule has 0 unspecified atom stereocenters. The predicted molar refractivity (Wildman–Crippen MR) is 129 cm³/mol. The molecular weight excluding hydrogens is 449 g/mol. The molecule has 9 heteroatoms. The maximum absolute atomic E-state index is 13.7. The summed E-state index contributed by atoms with van der Waals surface area (Å²) in [6, 6.07) is 14.5. The minimum absolute atomic E-state index is 0.0773. The Morgan fingerprint density at radius 3 is 2.49 bits per heavy atom. The Morgan fingerprint density at radius 2 is 1.80 bits per heavy atom. The third-order valence-corrected chi connectivity index (χ3v) is 6.48. The van der Waals surface area contributed by atoms with Crippen LogP contribution in [0.15, 0.2) is 60.9 Å². The van der Waals surface area contributed by atoms with Crippen molar-refractivity contribution in [1.29, 1.82) is 0 Å². The van der Waals surface area contributed by atoms with Crippen LogP contribution in [-0.2, 0) is 0 Å². The number of carboxylic acids is 1. The normalized spacial score (nSPS) is 14.3. The number of likely N-dealkylation sites (tertiary alicyclic amines) is 1. The smallest absolute Gasteiger partial charge is 0.341 e. The molecule has 1 saturated heterocycles. The number of halogens is 1. The summed E-state index contributed by atoms with van der Waals surface area (Å²) in [6.45, 7) is 2.92. The summed E-state index contributed by atoms with van der Waals surface area (Å²) in [5, 5.41) is 16.9. The van der Waals surface area contributed by atoms with Crippen LogP contribution in [0.1, 0.15) is 50.6 Å². The van der Waals surface area contributed by atoms with Crippen LogP contribution in [0.5, 0.6) is 0 Å². The maximum Gasteiger partial charge on any atom is 0.341 e. The van der Waals surface area contributed by atoms with E-state index in [1.54, 1.807) is 17.9 Å². The molecule has 178 valence electrons. The van der Waals surface area contributed by atoms with Crippen LogP contribution < -0.4 is 5.32 Å². The first-order chi connectivity index (χ1) is 16.9. The molecule has 1 aliphatic rings. The van der Waals surface area contributed by atoms with Gasteiger partial charge in [-0.3, -0.25) is 4.79 Å². The van der Waals surface area contributed by atoms with E-state index in [2.05, 4.69) is 27.5 Å². The van der Waals surface area contributed by atoms with Gasteiger partial charge >= 0.3 is 5.97 Å². The number of carbonyl (C=O) groups is 2. The van der Waals surface area contributed by atoms with E-state index in [-0.39, 0.29) is 34.3 Å². The van der Waals surface area contributed by atoms with Gasteiger partial charge in [-0.2, -0.15) is 9.61 Å². The molecule has 1 fully saturated rings. The van der Waals surface area contributed by atoms with Crippen molar-refractivity contribution >= 4 is 29.0 Å². The molecule has 2 aromatic heterocycles. The lowest BCUT2D eigenvalue weighted by molar-refractivity contribution is 0.0695. The van der Waals surface area contributed by atoms with Crippen molar-refractivity contribution in [2.75, 3.05) is 18.4 Å². The maximum atomic E-state index is 13.7. The monoisotopic (exact) mass is 473 g/mol. The largest absolute Gasteiger partial charge is 0.477 e. The second-order valence-corrected chi connectivity index (χ2v) is 8.68. The number of nitrogens with one attached hydrogen (secondary N) is 1. The molecule has 1 amide bonds. The lowest BCUT2D eigenvalue weighted by atomic mass is 9.89. The van der Waals surface area contributed by atoms with Gasteiger partial charge in [-0.05, 0) is 55.0 Å². The van der Waals surface area contributed by atoms with Gasteiger partial charge in [0.05, 0.1) is 6.20 Å². The number of anilines is 2. The fraction of sp³-hybridized carbons (Fsp3) is 0.231. The predicted octanol–water partition coefficient (Wildman–Crippen LogP) is 4.64. The van der Waals surface area contributed by atoms with Gasteiger partial charge in [-0.25, -0.2) is 14.2 Å². The van der Waals surface area contributed by atoms with Gasteiger partial charge in [0, 0.05) is 25.0 Å². The van der Waals surface area contributed by atoms with Crippen molar-refractivity contribution in [3.05, 3.63) is 89.0 Å². The van der Waals surface area contributed by atoms with Gasteiger partial charge in [0.2, 0.25) is 0 Å². The summed E-state index contributed by atoms with van der Waals surface area (Å²) in [5.41, 5.74) is 2.77. The minimum Gasteiger partial charge on any atom is -0.477 e. The number of aryl methyl sites for hydroxylation is 1. The van der Waals surface area contributed by atoms with Gasteiger partial charge in [-0.15, -0.1) is 0 Å². The number of amides is 1. The highest BCUT2D eigenvalue weighted by atomic mass is 19.1. The van der Waals surface area contributed by atoms with Crippen molar-refractivity contribution in [3.63, 3.8) is 0 Å². The van der Waals surface area contributed by atoms with Crippen LogP contribution >= 0.6 is 0 Å². The first-order valence-corrected chi connectivity index (χ1v) is 11.4. The van der Waals surface area contributed by atoms with Gasteiger partial charge in [-0.1, -0.05) is 30.3 Å². The summed E-state index contributed by atoms with van der Waals surface area (Å²) < 4.78 is 15.0. The number of aromatic carboxylic acids is 1. The summed E-state index contributed by atoms with van der Waals surface area (Å²) >= 11 is 0. The van der Waals surface area contributed by atoms with Crippen molar-refractivity contribution in [2.24, 2.45) is 0 Å². The van der Waals surface area contributed by atoms with Crippen LogP contribution in [0, 0.1) is 12.7 Å². The topological polar surface area (TPSA) is 99.8 Å². The SMILES string of the molecule is Cc1cc(F)ccc1Nc1c(C(=O)N2CCC(c3ccccc3)CC2)cnc2c(C(=O)O)cnn12. The van der Waals surface area contributed by atoms with E-state index in [0.29, 0.717) is 30.3 Å². The fourth-order valence-corrected chi connectivity index (χ4v) is 4.56. The fourth-order valence-electron chi connectivity index (χ4n) is 4.56. The Balaban J connectivity index is 1.48. The molecule has 4 aromatic rings. The molecule has 0 bridgehead atoms. The number of piperidine rings is 1. The van der Waals surface area contributed by atoms with E-state index >= 15 is 0 Å². The number of hydrogen-bond acceptors (Lipinski definition) is 5. The molecule has 0 saturated carbocycles. The molecule has 8 nitrogen and oxygen atoms in total. The molecular formula is C26H24FN5O3. The second kappa shape index (κ2) is 9.17. The van der Waals surface area contributed by atoms with Crippen LogP contribution in [0.2, 0.25) is 0 Å². The highest BCUT2D eigenvalue weighted by Gasteiger charge is 2.28.